The Labute approximate surface area is 196 Å². The van der Waals surface area contributed by atoms with Gasteiger partial charge in [-0.25, -0.2) is 0 Å². The van der Waals surface area contributed by atoms with E-state index < -0.39 is 6.10 Å². The summed E-state index contributed by atoms with van der Waals surface area (Å²) in [5, 5.41) is 10.9. The Morgan fingerprint density at radius 3 is 2.17 bits per heavy atom. The molecule has 0 aliphatic carbocycles. The van der Waals surface area contributed by atoms with Crippen LogP contribution in [0.4, 0.5) is 0 Å². The highest BCUT2D eigenvalue weighted by Crippen LogP contribution is 2.15. The predicted octanol–water partition coefficient (Wildman–Crippen LogP) is 3.76. The molecule has 0 bridgehead atoms. The number of benzene rings is 2. The second-order valence-corrected chi connectivity index (χ2v) is 7.53. The summed E-state index contributed by atoms with van der Waals surface area (Å²) >= 11 is 5.84. The van der Waals surface area contributed by atoms with E-state index >= 15 is 0 Å². The van der Waals surface area contributed by atoms with Crippen molar-refractivity contribution in [3.63, 3.8) is 0 Å². The molecule has 0 radical (unpaired) electrons. The van der Waals surface area contributed by atoms with E-state index in [2.05, 4.69) is 40.1 Å². The van der Waals surface area contributed by atoms with Crippen LogP contribution in [0.3, 0.4) is 0 Å². The second-order valence-electron chi connectivity index (χ2n) is 7.09. The maximum atomic E-state index is 10.2. The molecule has 1 heterocycles. The molecule has 1 unspecified atom stereocenters. The zero-order chi connectivity index (χ0) is 19.6. The number of ether oxygens (including phenoxy) is 2. The number of nitrogens with zero attached hydrogens (tertiary/aromatic N) is 2. The van der Waals surface area contributed by atoms with E-state index in [-0.39, 0.29) is 24.8 Å². The van der Waals surface area contributed by atoms with Gasteiger partial charge in [0, 0.05) is 44.3 Å². The second kappa shape index (κ2) is 14.9. The van der Waals surface area contributed by atoms with Crippen LogP contribution in [0, 0.1) is 0 Å². The number of piperazine rings is 1. The molecule has 1 aliphatic heterocycles. The first-order chi connectivity index (χ1) is 13.7. The molecule has 1 saturated heterocycles. The van der Waals surface area contributed by atoms with Crippen molar-refractivity contribution in [2.75, 3.05) is 52.5 Å². The minimum atomic E-state index is -0.476. The van der Waals surface area contributed by atoms with Crippen molar-refractivity contribution in [2.45, 2.75) is 12.6 Å². The normalized spacial score (nSPS) is 15.7. The summed E-state index contributed by atoms with van der Waals surface area (Å²) in [6.45, 7) is 6.87. The first-order valence-electron chi connectivity index (χ1n) is 9.82. The first-order valence-corrected chi connectivity index (χ1v) is 10.2. The zero-order valence-electron chi connectivity index (χ0n) is 17.0. The van der Waals surface area contributed by atoms with Gasteiger partial charge in [0.05, 0.1) is 19.3 Å². The number of rotatable bonds is 10. The van der Waals surface area contributed by atoms with E-state index in [1.165, 1.54) is 5.56 Å². The molecule has 2 aromatic rings. The highest BCUT2D eigenvalue weighted by molar-refractivity contribution is 6.30. The van der Waals surface area contributed by atoms with Crippen molar-refractivity contribution in [3.8, 4) is 5.75 Å². The Bertz CT molecular complexity index is 684. The molecule has 1 atom stereocenters. The van der Waals surface area contributed by atoms with Crippen molar-refractivity contribution < 1.29 is 14.6 Å². The summed E-state index contributed by atoms with van der Waals surface area (Å²) in [5.74, 6) is 0.766. The minimum absolute atomic E-state index is 0. The third-order valence-corrected chi connectivity index (χ3v) is 5.06. The van der Waals surface area contributed by atoms with Gasteiger partial charge in [-0.3, -0.25) is 9.80 Å². The third-order valence-electron chi connectivity index (χ3n) is 4.80. The maximum absolute atomic E-state index is 10.2. The molecular weight excluding hydrogens is 447 g/mol. The van der Waals surface area contributed by atoms with Crippen LogP contribution in [0.15, 0.2) is 54.6 Å². The fourth-order valence-corrected chi connectivity index (χ4v) is 3.42. The Balaban J connectivity index is 0.00000225. The average molecular weight is 478 g/mol. The summed E-state index contributed by atoms with van der Waals surface area (Å²) in [7, 11) is 0. The van der Waals surface area contributed by atoms with Crippen LogP contribution in [-0.2, 0) is 11.3 Å². The minimum Gasteiger partial charge on any atom is -0.491 e. The van der Waals surface area contributed by atoms with E-state index in [0.29, 0.717) is 31.4 Å². The Hall–Kier alpha value is -1.05. The molecule has 1 fully saturated rings. The highest BCUT2D eigenvalue weighted by Gasteiger charge is 2.19. The largest absolute Gasteiger partial charge is 0.491 e. The third kappa shape index (κ3) is 9.84. The summed E-state index contributed by atoms with van der Waals surface area (Å²) < 4.78 is 11.1. The molecule has 1 N–H and O–H groups in total. The predicted molar refractivity (Wildman–Crippen MR) is 126 cm³/mol. The number of halogens is 3. The molecule has 168 valence electrons. The van der Waals surface area contributed by atoms with Crippen LogP contribution in [0.2, 0.25) is 5.02 Å². The number of hydrogen-bond acceptors (Lipinski definition) is 5. The van der Waals surface area contributed by atoms with Crippen LogP contribution < -0.4 is 4.74 Å². The lowest BCUT2D eigenvalue weighted by molar-refractivity contribution is -0.000435. The lowest BCUT2D eigenvalue weighted by Gasteiger charge is -2.35. The summed E-state index contributed by atoms with van der Waals surface area (Å²) in [5.41, 5.74) is 1.35. The molecule has 8 heteroatoms. The lowest BCUT2D eigenvalue weighted by Crippen LogP contribution is -2.48. The lowest BCUT2D eigenvalue weighted by atomic mass is 10.2. The number of aliphatic hydroxyl groups excluding tert-OH is 1. The van der Waals surface area contributed by atoms with Crippen LogP contribution in [0.1, 0.15) is 5.56 Å². The number of β-amino-alcohol motifs (C(OH)–C–C–N with tert-alkyl or cyclic N) is 1. The first kappa shape index (κ1) is 27.0. The molecule has 0 aromatic heterocycles. The van der Waals surface area contributed by atoms with Crippen molar-refractivity contribution in [1.82, 2.24) is 9.80 Å². The van der Waals surface area contributed by atoms with Crippen molar-refractivity contribution in [2.24, 2.45) is 0 Å². The Morgan fingerprint density at radius 1 is 0.867 bits per heavy atom. The highest BCUT2D eigenvalue weighted by atomic mass is 35.5. The van der Waals surface area contributed by atoms with E-state index in [9.17, 15) is 5.11 Å². The summed E-state index contributed by atoms with van der Waals surface area (Å²) in [4.78, 5) is 4.77. The smallest absolute Gasteiger partial charge is 0.119 e. The van der Waals surface area contributed by atoms with E-state index in [0.717, 1.165) is 38.5 Å². The SMILES string of the molecule is Cl.Cl.OC(COCCOc1ccc(Cl)cc1)CN1CCN(Cc2ccccc2)CC1. The van der Waals surface area contributed by atoms with Gasteiger partial charge in [-0.1, -0.05) is 41.9 Å². The summed E-state index contributed by atoms with van der Waals surface area (Å²) in [6, 6.07) is 17.8. The van der Waals surface area contributed by atoms with Gasteiger partial charge in [0.1, 0.15) is 12.4 Å². The number of aliphatic hydroxyl groups is 1. The zero-order valence-corrected chi connectivity index (χ0v) is 19.4. The topological polar surface area (TPSA) is 45.2 Å². The van der Waals surface area contributed by atoms with Gasteiger partial charge >= 0.3 is 0 Å². The molecule has 0 spiro atoms. The Morgan fingerprint density at radius 2 is 1.50 bits per heavy atom. The van der Waals surface area contributed by atoms with Gasteiger partial charge in [-0.2, -0.15) is 0 Å². The van der Waals surface area contributed by atoms with Crippen LogP contribution >= 0.6 is 36.4 Å². The molecule has 3 rings (SSSR count). The monoisotopic (exact) mass is 476 g/mol. The van der Waals surface area contributed by atoms with Gasteiger partial charge in [-0.05, 0) is 29.8 Å². The van der Waals surface area contributed by atoms with Crippen LogP contribution in [-0.4, -0.2) is 73.6 Å². The van der Waals surface area contributed by atoms with Crippen molar-refractivity contribution in [1.29, 1.82) is 0 Å². The van der Waals surface area contributed by atoms with Gasteiger partial charge < -0.3 is 14.6 Å². The molecule has 0 amide bonds. The van der Waals surface area contributed by atoms with Gasteiger partial charge in [0.2, 0.25) is 0 Å². The Kier molecular flexibility index (Phi) is 13.4. The number of hydrogen-bond donors (Lipinski definition) is 1. The molecular formula is C22H31Cl3N2O3. The van der Waals surface area contributed by atoms with E-state index in [4.69, 9.17) is 21.1 Å². The maximum Gasteiger partial charge on any atom is 0.119 e. The van der Waals surface area contributed by atoms with Gasteiger partial charge in [-0.15, -0.1) is 24.8 Å². The molecule has 2 aromatic carbocycles. The van der Waals surface area contributed by atoms with Gasteiger partial charge in [0.25, 0.3) is 0 Å². The van der Waals surface area contributed by atoms with Crippen molar-refractivity contribution in [3.05, 3.63) is 65.2 Å². The molecule has 0 saturated carbocycles. The molecule has 1 aliphatic rings. The van der Waals surface area contributed by atoms with Crippen molar-refractivity contribution >= 4 is 36.4 Å². The fraction of sp³-hybridized carbons (Fsp3) is 0.455. The standard InChI is InChI=1S/C22H29ClN2O3.2ClH/c23-20-6-8-22(9-7-20)28-15-14-27-18-21(26)17-25-12-10-24(11-13-25)16-19-4-2-1-3-5-19;;/h1-9,21,26H,10-18H2;2*1H. The quantitative estimate of drug-likeness (QED) is 0.528. The molecule has 5 nitrogen and oxygen atoms in total. The van der Waals surface area contributed by atoms with Crippen LogP contribution in [0.5, 0.6) is 5.75 Å². The summed E-state index contributed by atoms with van der Waals surface area (Å²) in [6.07, 6.45) is -0.476. The average Bonchev–Trinajstić information content (AvgIpc) is 2.71. The van der Waals surface area contributed by atoms with E-state index in [1.807, 2.05) is 12.1 Å². The fourth-order valence-electron chi connectivity index (χ4n) is 3.29. The van der Waals surface area contributed by atoms with Gasteiger partial charge in [0.15, 0.2) is 0 Å². The van der Waals surface area contributed by atoms with Crippen LogP contribution in [0.25, 0.3) is 0 Å². The van der Waals surface area contributed by atoms with E-state index in [1.54, 1.807) is 12.1 Å². The molecule has 30 heavy (non-hydrogen) atoms.